The number of rotatable bonds is 57. The standard InChI is InChI=1S/C62H119NO5/c1-3-5-7-9-11-13-15-17-19-21-22-23-24-26-30-34-38-42-46-50-54-60(65)59(58-64)63-61(66)55-51-47-43-39-35-31-27-25-29-33-37-41-45-49-53-57-68-62(67)56-52-48-44-40-36-32-28-20-18-16-14-12-10-8-6-4-2/h14,16,20,28,59-60,64-65H,3-13,15,17-19,21-27,29-58H2,1-2H3,(H,63,66)/b16-14-,28-20-. The van der Waals surface area contributed by atoms with E-state index < -0.39 is 12.1 Å². The maximum atomic E-state index is 12.5. The van der Waals surface area contributed by atoms with Crippen LogP contribution in [-0.2, 0) is 14.3 Å². The fraction of sp³-hybridized carbons (Fsp3) is 0.903. The third kappa shape index (κ3) is 53.7. The second-order valence-electron chi connectivity index (χ2n) is 21.0. The molecule has 402 valence electrons. The maximum absolute atomic E-state index is 12.5. The lowest BCUT2D eigenvalue weighted by Gasteiger charge is -2.22. The third-order valence-corrected chi connectivity index (χ3v) is 14.3. The summed E-state index contributed by atoms with van der Waals surface area (Å²) in [5, 5.41) is 23.4. The molecule has 0 saturated heterocycles. The Kier molecular flexibility index (Phi) is 56.5. The lowest BCUT2D eigenvalue weighted by atomic mass is 10.0. The number of ether oxygens (including phenoxy) is 1. The molecule has 0 aliphatic rings. The van der Waals surface area contributed by atoms with Gasteiger partial charge in [0.1, 0.15) is 0 Å². The van der Waals surface area contributed by atoms with Gasteiger partial charge in [-0.2, -0.15) is 0 Å². The summed E-state index contributed by atoms with van der Waals surface area (Å²) in [4.78, 5) is 24.6. The van der Waals surface area contributed by atoms with Crippen LogP contribution in [0.15, 0.2) is 24.3 Å². The summed E-state index contributed by atoms with van der Waals surface area (Å²) in [6, 6.07) is -0.549. The van der Waals surface area contributed by atoms with Gasteiger partial charge in [-0.15, -0.1) is 0 Å². The molecule has 0 aliphatic carbocycles. The second kappa shape index (κ2) is 57.9. The largest absolute Gasteiger partial charge is 0.466 e. The highest BCUT2D eigenvalue weighted by Crippen LogP contribution is 2.18. The fourth-order valence-corrected chi connectivity index (χ4v) is 9.55. The Bertz CT molecular complexity index is 1060. The van der Waals surface area contributed by atoms with Crippen LogP contribution in [-0.4, -0.2) is 47.4 Å². The molecule has 2 unspecified atom stereocenters. The van der Waals surface area contributed by atoms with Crippen LogP contribution in [0, 0.1) is 0 Å². The van der Waals surface area contributed by atoms with Gasteiger partial charge < -0.3 is 20.3 Å². The van der Waals surface area contributed by atoms with Crippen molar-refractivity contribution < 1.29 is 24.5 Å². The third-order valence-electron chi connectivity index (χ3n) is 14.3. The summed E-state index contributed by atoms with van der Waals surface area (Å²) in [7, 11) is 0. The van der Waals surface area contributed by atoms with E-state index in [1.165, 1.54) is 244 Å². The van der Waals surface area contributed by atoms with Gasteiger partial charge in [-0.1, -0.05) is 289 Å². The molecule has 0 aromatic heterocycles. The number of allylic oxidation sites excluding steroid dienone is 4. The minimum Gasteiger partial charge on any atom is -0.466 e. The average molecular weight is 959 g/mol. The van der Waals surface area contributed by atoms with Gasteiger partial charge in [-0.25, -0.2) is 0 Å². The van der Waals surface area contributed by atoms with Crippen molar-refractivity contribution >= 4 is 11.9 Å². The Labute approximate surface area is 424 Å². The maximum Gasteiger partial charge on any atom is 0.305 e. The van der Waals surface area contributed by atoms with E-state index in [9.17, 15) is 19.8 Å². The molecule has 0 heterocycles. The number of carbonyl (C=O) groups excluding carboxylic acids is 2. The predicted octanol–water partition coefficient (Wildman–Crippen LogP) is 19.0. The first-order chi connectivity index (χ1) is 33.5. The molecule has 0 aromatic rings. The van der Waals surface area contributed by atoms with Crippen LogP contribution in [0.2, 0.25) is 0 Å². The van der Waals surface area contributed by atoms with Gasteiger partial charge in [0.05, 0.1) is 25.4 Å². The van der Waals surface area contributed by atoms with Crippen LogP contribution in [0.3, 0.4) is 0 Å². The molecule has 3 N–H and O–H groups in total. The van der Waals surface area contributed by atoms with Crippen molar-refractivity contribution in [3.05, 3.63) is 24.3 Å². The predicted molar refractivity (Wildman–Crippen MR) is 296 cm³/mol. The van der Waals surface area contributed by atoms with Gasteiger partial charge in [-0.05, 0) is 57.8 Å². The Morgan fingerprint density at radius 1 is 0.412 bits per heavy atom. The smallest absolute Gasteiger partial charge is 0.305 e. The van der Waals surface area contributed by atoms with Crippen LogP contribution in [0.5, 0.6) is 0 Å². The fourth-order valence-electron chi connectivity index (χ4n) is 9.55. The molecule has 0 bridgehead atoms. The second-order valence-corrected chi connectivity index (χ2v) is 21.0. The van der Waals surface area contributed by atoms with Gasteiger partial charge in [0.2, 0.25) is 5.91 Å². The van der Waals surface area contributed by atoms with Gasteiger partial charge >= 0.3 is 5.97 Å². The van der Waals surface area contributed by atoms with Gasteiger partial charge in [0.15, 0.2) is 0 Å². The molecule has 0 saturated carbocycles. The molecular weight excluding hydrogens is 839 g/mol. The zero-order valence-electron chi connectivity index (χ0n) is 45.9. The molecule has 0 aliphatic heterocycles. The van der Waals surface area contributed by atoms with E-state index in [1.54, 1.807) is 0 Å². The molecule has 2 atom stereocenters. The van der Waals surface area contributed by atoms with Gasteiger partial charge in [0.25, 0.3) is 0 Å². The number of amides is 1. The van der Waals surface area contributed by atoms with E-state index in [4.69, 9.17) is 4.74 Å². The zero-order chi connectivity index (χ0) is 49.3. The van der Waals surface area contributed by atoms with Crippen LogP contribution < -0.4 is 5.32 Å². The number of esters is 1. The Balaban J connectivity index is 3.44. The highest BCUT2D eigenvalue weighted by molar-refractivity contribution is 5.76. The molecular formula is C62H119NO5. The number of aliphatic hydroxyl groups excluding tert-OH is 2. The minimum atomic E-state index is -0.671. The highest BCUT2D eigenvalue weighted by Gasteiger charge is 2.20. The van der Waals surface area contributed by atoms with Crippen molar-refractivity contribution in [2.75, 3.05) is 13.2 Å². The first-order valence-electron chi connectivity index (χ1n) is 30.6. The first kappa shape index (κ1) is 66.3. The number of aliphatic hydroxyl groups is 2. The molecule has 1 amide bonds. The van der Waals surface area contributed by atoms with Crippen molar-refractivity contribution in [2.45, 2.75) is 347 Å². The normalized spacial score (nSPS) is 12.7. The summed E-state index contributed by atoms with van der Waals surface area (Å²) in [6.45, 7) is 4.93. The summed E-state index contributed by atoms with van der Waals surface area (Å²) in [6.07, 6.45) is 70.3. The summed E-state index contributed by atoms with van der Waals surface area (Å²) >= 11 is 0. The van der Waals surface area contributed by atoms with E-state index in [0.29, 0.717) is 25.9 Å². The van der Waals surface area contributed by atoms with Crippen molar-refractivity contribution in [2.24, 2.45) is 0 Å². The zero-order valence-corrected chi connectivity index (χ0v) is 45.9. The Hall–Kier alpha value is -1.66. The molecule has 0 aromatic carbocycles. The van der Waals surface area contributed by atoms with Crippen molar-refractivity contribution in [1.82, 2.24) is 5.32 Å². The molecule has 6 heteroatoms. The van der Waals surface area contributed by atoms with Crippen LogP contribution in [0.1, 0.15) is 335 Å². The number of nitrogens with one attached hydrogen (secondary N) is 1. The minimum absolute atomic E-state index is 0.0120. The lowest BCUT2D eigenvalue weighted by Crippen LogP contribution is -2.45. The average Bonchev–Trinajstić information content (AvgIpc) is 3.34. The number of hydrogen-bond donors (Lipinski definition) is 3. The molecule has 0 fully saturated rings. The summed E-state index contributed by atoms with van der Waals surface area (Å²) < 4.78 is 5.47. The summed E-state index contributed by atoms with van der Waals surface area (Å²) in [5.74, 6) is -0.0530. The Morgan fingerprint density at radius 3 is 1.13 bits per heavy atom. The van der Waals surface area contributed by atoms with Crippen molar-refractivity contribution in [1.29, 1.82) is 0 Å². The molecule has 0 spiro atoms. The van der Waals surface area contributed by atoms with Crippen molar-refractivity contribution in [3.8, 4) is 0 Å². The summed E-state index contributed by atoms with van der Waals surface area (Å²) in [5.41, 5.74) is 0. The number of carbonyl (C=O) groups is 2. The van der Waals surface area contributed by atoms with Crippen LogP contribution in [0.25, 0.3) is 0 Å². The molecule has 0 rings (SSSR count). The quantitative estimate of drug-likeness (QED) is 0.0321. The van der Waals surface area contributed by atoms with Gasteiger partial charge in [-0.3, -0.25) is 9.59 Å². The van der Waals surface area contributed by atoms with Crippen LogP contribution >= 0.6 is 0 Å². The lowest BCUT2D eigenvalue weighted by molar-refractivity contribution is -0.143. The first-order valence-corrected chi connectivity index (χ1v) is 30.6. The number of hydrogen-bond acceptors (Lipinski definition) is 5. The number of unbranched alkanes of at least 4 members (excludes halogenated alkanes) is 42. The SMILES string of the molecule is CCCCCC/C=C\C/C=C\CCCCCCCC(=O)OCCCCCCCCCCCCCCCCCC(=O)NC(CO)C(O)CCCCCCCCCCCCCCCCCCCCCC. The van der Waals surface area contributed by atoms with E-state index in [0.717, 1.165) is 57.8 Å². The van der Waals surface area contributed by atoms with Crippen molar-refractivity contribution in [3.63, 3.8) is 0 Å². The highest BCUT2D eigenvalue weighted by atomic mass is 16.5. The topological polar surface area (TPSA) is 95.9 Å². The Morgan fingerprint density at radius 2 is 0.735 bits per heavy atom. The molecule has 68 heavy (non-hydrogen) atoms. The van der Waals surface area contributed by atoms with E-state index in [1.807, 2.05) is 0 Å². The molecule has 6 nitrogen and oxygen atoms in total. The van der Waals surface area contributed by atoms with E-state index >= 15 is 0 Å². The van der Waals surface area contributed by atoms with Crippen LogP contribution in [0.4, 0.5) is 0 Å². The molecule has 0 radical (unpaired) electrons. The monoisotopic (exact) mass is 958 g/mol. The van der Waals surface area contributed by atoms with E-state index in [2.05, 4.69) is 43.5 Å². The van der Waals surface area contributed by atoms with E-state index in [-0.39, 0.29) is 18.5 Å². The van der Waals surface area contributed by atoms with Gasteiger partial charge in [0, 0.05) is 12.8 Å².